The minimum atomic E-state index is -0.560. The zero-order valence-corrected chi connectivity index (χ0v) is 9.84. The number of hydrogen-bond acceptors (Lipinski definition) is 3. The zero-order chi connectivity index (χ0) is 13.0. The summed E-state index contributed by atoms with van der Waals surface area (Å²) in [6.45, 7) is 0. The van der Waals surface area contributed by atoms with Gasteiger partial charge >= 0.3 is 11.9 Å². The van der Waals surface area contributed by atoms with E-state index in [0.29, 0.717) is 11.1 Å². The summed E-state index contributed by atoms with van der Waals surface area (Å²) in [6.07, 6.45) is 0. The molecule has 0 saturated carbocycles. The van der Waals surface area contributed by atoms with Crippen LogP contribution in [0.25, 0.3) is 21.5 Å². The van der Waals surface area contributed by atoms with Crippen LogP contribution < -0.4 is 0 Å². The summed E-state index contributed by atoms with van der Waals surface area (Å²) >= 11 is 0. The lowest BCUT2D eigenvalue weighted by atomic mass is 9.96. The van der Waals surface area contributed by atoms with Crippen molar-refractivity contribution in [2.24, 2.45) is 0 Å². The van der Waals surface area contributed by atoms with Crippen molar-refractivity contribution in [2.45, 2.75) is 0 Å². The smallest absolute Gasteiger partial charge is 0.347 e. The maximum Gasteiger partial charge on any atom is 0.347 e. The van der Waals surface area contributed by atoms with E-state index in [1.165, 1.54) is 0 Å². The first kappa shape index (κ1) is 10.3. The van der Waals surface area contributed by atoms with Crippen LogP contribution in [0.15, 0.2) is 48.5 Å². The van der Waals surface area contributed by atoms with Crippen molar-refractivity contribution in [1.29, 1.82) is 0 Å². The summed E-state index contributed by atoms with van der Waals surface area (Å²) in [7, 11) is 0. The zero-order valence-electron chi connectivity index (χ0n) is 9.84. The van der Waals surface area contributed by atoms with Crippen molar-refractivity contribution in [1.82, 2.24) is 0 Å². The van der Waals surface area contributed by atoms with Gasteiger partial charge in [-0.25, -0.2) is 9.59 Å². The first-order valence-electron chi connectivity index (χ1n) is 5.97. The first-order valence-corrected chi connectivity index (χ1v) is 5.97. The molecule has 0 radical (unpaired) electrons. The summed E-state index contributed by atoms with van der Waals surface area (Å²) in [4.78, 5) is 23.3. The number of cyclic esters (lactones) is 2. The van der Waals surface area contributed by atoms with Crippen LogP contribution in [0.5, 0.6) is 0 Å². The molecule has 19 heavy (non-hydrogen) atoms. The number of benzene rings is 3. The highest BCUT2D eigenvalue weighted by Gasteiger charge is 2.31. The normalized spacial score (nSPS) is 13.9. The average Bonchev–Trinajstić information content (AvgIpc) is 2.74. The van der Waals surface area contributed by atoms with Gasteiger partial charge in [0.1, 0.15) is 0 Å². The van der Waals surface area contributed by atoms with Gasteiger partial charge in [0.2, 0.25) is 0 Å². The van der Waals surface area contributed by atoms with Crippen LogP contribution in [-0.2, 0) is 4.74 Å². The van der Waals surface area contributed by atoms with Gasteiger partial charge in [-0.2, -0.15) is 0 Å². The fourth-order valence-electron chi connectivity index (χ4n) is 2.67. The second-order valence-electron chi connectivity index (χ2n) is 4.55. The fraction of sp³-hybridized carbons (Fsp3) is 0. The molecule has 1 aliphatic heterocycles. The van der Waals surface area contributed by atoms with Crippen molar-refractivity contribution in [3.05, 3.63) is 59.7 Å². The van der Waals surface area contributed by atoms with Crippen molar-refractivity contribution in [3.63, 3.8) is 0 Å². The van der Waals surface area contributed by atoms with Gasteiger partial charge in [-0.1, -0.05) is 42.5 Å². The molecule has 90 valence electrons. The quantitative estimate of drug-likeness (QED) is 0.348. The van der Waals surface area contributed by atoms with E-state index in [9.17, 15) is 9.59 Å². The second kappa shape index (κ2) is 3.42. The van der Waals surface area contributed by atoms with Crippen molar-refractivity contribution in [3.8, 4) is 0 Å². The molecular formula is C16H8O3. The van der Waals surface area contributed by atoms with Crippen LogP contribution in [0, 0.1) is 0 Å². The number of rotatable bonds is 0. The molecule has 0 atom stereocenters. The Labute approximate surface area is 108 Å². The van der Waals surface area contributed by atoms with E-state index in [2.05, 4.69) is 4.74 Å². The molecule has 1 heterocycles. The molecule has 0 amide bonds. The Kier molecular flexibility index (Phi) is 1.85. The highest BCUT2D eigenvalue weighted by molar-refractivity contribution is 6.24. The lowest BCUT2D eigenvalue weighted by Gasteiger charge is -2.05. The van der Waals surface area contributed by atoms with Gasteiger partial charge in [0.05, 0.1) is 11.1 Å². The summed E-state index contributed by atoms with van der Waals surface area (Å²) in [5.41, 5.74) is 0.737. The van der Waals surface area contributed by atoms with Gasteiger partial charge in [-0.3, -0.25) is 0 Å². The molecule has 0 aliphatic carbocycles. The Balaban J connectivity index is 2.23. The van der Waals surface area contributed by atoms with E-state index in [1.807, 2.05) is 42.5 Å². The van der Waals surface area contributed by atoms with Crippen LogP contribution in [-0.4, -0.2) is 11.9 Å². The van der Waals surface area contributed by atoms with E-state index in [4.69, 9.17) is 0 Å². The Morgan fingerprint density at radius 1 is 0.684 bits per heavy atom. The number of carbonyl (C=O) groups is 2. The topological polar surface area (TPSA) is 43.4 Å². The third-order valence-electron chi connectivity index (χ3n) is 3.54. The summed E-state index contributed by atoms with van der Waals surface area (Å²) in [6, 6.07) is 15.3. The molecule has 3 nitrogen and oxygen atoms in total. The number of ether oxygens (including phenoxy) is 1. The highest BCUT2D eigenvalue weighted by Crippen LogP contribution is 2.32. The summed E-state index contributed by atoms with van der Waals surface area (Å²) in [5.74, 6) is -1.11. The fourth-order valence-corrected chi connectivity index (χ4v) is 2.67. The number of carbonyl (C=O) groups excluding carboxylic acids is 2. The largest absolute Gasteiger partial charge is 0.386 e. The maximum atomic E-state index is 11.8. The standard InChI is InChI=1S/C16H8O3/c17-15-13-8-7-11-10-4-2-1-3-9(10)5-6-12(11)14(13)16(18)19-15/h1-8H. The monoisotopic (exact) mass is 248 g/mol. The minimum Gasteiger partial charge on any atom is -0.386 e. The van der Waals surface area contributed by atoms with Crippen LogP contribution in [0.2, 0.25) is 0 Å². The van der Waals surface area contributed by atoms with Crippen molar-refractivity contribution in [2.75, 3.05) is 0 Å². The lowest BCUT2D eigenvalue weighted by molar-refractivity contribution is 0.0444. The van der Waals surface area contributed by atoms with Gasteiger partial charge in [0, 0.05) is 0 Å². The predicted molar refractivity (Wildman–Crippen MR) is 71.2 cm³/mol. The number of hydrogen-bond donors (Lipinski definition) is 0. The third-order valence-corrected chi connectivity index (χ3v) is 3.54. The summed E-state index contributed by atoms with van der Waals surface area (Å²) in [5, 5.41) is 3.90. The molecule has 3 heteroatoms. The van der Waals surface area contributed by atoms with Gasteiger partial charge < -0.3 is 4.74 Å². The molecule has 0 spiro atoms. The molecule has 3 aromatic carbocycles. The van der Waals surface area contributed by atoms with Gasteiger partial charge in [-0.15, -0.1) is 0 Å². The number of esters is 2. The minimum absolute atomic E-state index is 0.354. The molecule has 1 aliphatic rings. The number of fused-ring (bicyclic) bond motifs is 5. The second-order valence-corrected chi connectivity index (χ2v) is 4.55. The van der Waals surface area contributed by atoms with E-state index < -0.39 is 11.9 Å². The predicted octanol–water partition coefficient (Wildman–Crippen LogP) is 3.30. The maximum absolute atomic E-state index is 11.8. The van der Waals surface area contributed by atoms with Gasteiger partial charge in [0.25, 0.3) is 0 Å². The molecule has 3 aromatic rings. The Morgan fingerprint density at radius 2 is 1.47 bits per heavy atom. The van der Waals surface area contributed by atoms with Gasteiger partial charge in [-0.05, 0) is 27.6 Å². The van der Waals surface area contributed by atoms with Crippen LogP contribution >= 0.6 is 0 Å². The van der Waals surface area contributed by atoms with E-state index in [-0.39, 0.29) is 0 Å². The lowest BCUT2D eigenvalue weighted by Crippen LogP contribution is -1.97. The van der Waals surface area contributed by atoms with Crippen molar-refractivity contribution < 1.29 is 14.3 Å². The van der Waals surface area contributed by atoms with Crippen LogP contribution in [0.4, 0.5) is 0 Å². The third kappa shape index (κ3) is 1.27. The van der Waals surface area contributed by atoms with E-state index >= 15 is 0 Å². The highest BCUT2D eigenvalue weighted by atomic mass is 16.6. The summed E-state index contributed by atoms with van der Waals surface area (Å²) < 4.78 is 4.67. The van der Waals surface area contributed by atoms with Crippen molar-refractivity contribution >= 4 is 33.5 Å². The molecule has 0 aromatic heterocycles. The van der Waals surface area contributed by atoms with E-state index in [1.54, 1.807) is 6.07 Å². The average molecular weight is 248 g/mol. The van der Waals surface area contributed by atoms with E-state index in [0.717, 1.165) is 21.5 Å². The van der Waals surface area contributed by atoms with Crippen LogP contribution in [0.1, 0.15) is 20.7 Å². The molecule has 0 saturated heterocycles. The Hall–Kier alpha value is -2.68. The molecule has 0 fully saturated rings. The van der Waals surface area contributed by atoms with Crippen LogP contribution in [0.3, 0.4) is 0 Å². The first-order chi connectivity index (χ1) is 9.25. The Morgan fingerprint density at radius 3 is 2.37 bits per heavy atom. The SMILES string of the molecule is O=C1OC(=O)c2c1ccc1c2ccc2ccccc21. The molecular weight excluding hydrogens is 240 g/mol. The molecule has 4 rings (SSSR count). The molecule has 0 unspecified atom stereocenters. The molecule has 0 bridgehead atoms. The Bertz CT molecular complexity index is 878. The molecule has 0 N–H and O–H groups in total. The van der Waals surface area contributed by atoms with Gasteiger partial charge in [0.15, 0.2) is 0 Å².